The van der Waals surface area contributed by atoms with E-state index in [0.717, 1.165) is 0 Å². The van der Waals surface area contributed by atoms with Gasteiger partial charge in [-0.15, -0.1) is 0 Å². The standard InChI is InChI=1S/C11H14N4O5/c1-6(10(16)14-11(13)17)20-9-3-2-7(5-12)4-8(9)15(18)19/h2-4,6H,5,12H2,1H3,(H3,13,14,16,17). The first-order valence-electron chi connectivity index (χ1n) is 5.59. The molecule has 1 rings (SSSR count). The third-order valence-electron chi connectivity index (χ3n) is 2.38. The maximum absolute atomic E-state index is 11.4. The average Bonchev–Trinajstić information content (AvgIpc) is 2.37. The smallest absolute Gasteiger partial charge is 0.318 e. The minimum atomic E-state index is -1.12. The molecule has 20 heavy (non-hydrogen) atoms. The molecule has 1 atom stereocenters. The maximum atomic E-state index is 11.4. The number of nitro benzene ring substituents is 1. The summed E-state index contributed by atoms with van der Waals surface area (Å²) in [4.78, 5) is 32.3. The Morgan fingerprint density at radius 2 is 2.15 bits per heavy atom. The van der Waals surface area contributed by atoms with Crippen LogP contribution in [0.15, 0.2) is 18.2 Å². The van der Waals surface area contributed by atoms with Gasteiger partial charge in [0.1, 0.15) is 0 Å². The number of carbonyl (C=O) groups excluding carboxylic acids is 2. The first-order valence-corrected chi connectivity index (χ1v) is 5.59. The fraction of sp³-hybridized carbons (Fsp3) is 0.273. The first kappa shape index (κ1) is 15.4. The lowest BCUT2D eigenvalue weighted by Crippen LogP contribution is -2.42. The van der Waals surface area contributed by atoms with Gasteiger partial charge in [0.25, 0.3) is 5.91 Å². The number of urea groups is 1. The highest BCUT2D eigenvalue weighted by Crippen LogP contribution is 2.28. The molecule has 0 saturated carbocycles. The molecule has 9 nitrogen and oxygen atoms in total. The van der Waals surface area contributed by atoms with Crippen molar-refractivity contribution in [1.29, 1.82) is 0 Å². The highest BCUT2D eigenvalue weighted by molar-refractivity contribution is 5.95. The number of amides is 3. The Morgan fingerprint density at radius 3 is 2.65 bits per heavy atom. The van der Waals surface area contributed by atoms with Crippen molar-refractivity contribution in [3.8, 4) is 5.75 Å². The van der Waals surface area contributed by atoms with Crippen molar-refractivity contribution >= 4 is 17.6 Å². The number of carbonyl (C=O) groups is 2. The monoisotopic (exact) mass is 282 g/mol. The van der Waals surface area contributed by atoms with Crippen molar-refractivity contribution in [2.45, 2.75) is 19.6 Å². The van der Waals surface area contributed by atoms with Crippen LogP contribution in [0.1, 0.15) is 12.5 Å². The molecule has 0 radical (unpaired) electrons. The van der Waals surface area contributed by atoms with Gasteiger partial charge >= 0.3 is 11.7 Å². The largest absolute Gasteiger partial charge is 0.474 e. The molecule has 0 saturated heterocycles. The summed E-state index contributed by atoms with van der Waals surface area (Å²) in [6.45, 7) is 1.47. The maximum Gasteiger partial charge on any atom is 0.318 e. The van der Waals surface area contributed by atoms with Crippen molar-refractivity contribution in [2.75, 3.05) is 0 Å². The number of primary amides is 1. The Kier molecular flexibility index (Phi) is 4.98. The summed E-state index contributed by atoms with van der Waals surface area (Å²) in [7, 11) is 0. The minimum absolute atomic E-state index is 0.0979. The van der Waals surface area contributed by atoms with E-state index < -0.39 is 23.0 Å². The number of benzene rings is 1. The van der Waals surface area contributed by atoms with E-state index >= 15 is 0 Å². The number of nitrogens with zero attached hydrogens (tertiary/aromatic N) is 1. The van der Waals surface area contributed by atoms with E-state index in [1.165, 1.54) is 19.1 Å². The molecular formula is C11H14N4O5. The summed E-state index contributed by atoms with van der Waals surface area (Å²) in [5.74, 6) is -0.894. The van der Waals surface area contributed by atoms with Gasteiger partial charge in [0.15, 0.2) is 11.9 Å². The predicted molar refractivity (Wildman–Crippen MR) is 68.8 cm³/mol. The van der Waals surface area contributed by atoms with Crippen LogP contribution in [0.4, 0.5) is 10.5 Å². The molecule has 0 aliphatic carbocycles. The summed E-state index contributed by atoms with van der Waals surface area (Å²) >= 11 is 0. The number of nitro groups is 1. The number of nitrogens with one attached hydrogen (secondary N) is 1. The van der Waals surface area contributed by atoms with Crippen LogP contribution in [0.5, 0.6) is 5.75 Å². The molecule has 9 heteroatoms. The van der Waals surface area contributed by atoms with E-state index in [0.29, 0.717) is 5.56 Å². The molecule has 0 bridgehead atoms. The predicted octanol–water partition coefficient (Wildman–Crippen LogP) is 0.0157. The van der Waals surface area contributed by atoms with E-state index in [1.54, 1.807) is 6.07 Å². The van der Waals surface area contributed by atoms with Crippen LogP contribution in [-0.2, 0) is 11.3 Å². The van der Waals surface area contributed by atoms with Gasteiger partial charge in [-0.3, -0.25) is 20.2 Å². The van der Waals surface area contributed by atoms with Crippen molar-refractivity contribution in [2.24, 2.45) is 11.5 Å². The van der Waals surface area contributed by atoms with E-state index in [2.05, 4.69) is 0 Å². The zero-order chi connectivity index (χ0) is 15.3. The van der Waals surface area contributed by atoms with Crippen LogP contribution in [0.25, 0.3) is 0 Å². The Morgan fingerprint density at radius 1 is 1.50 bits per heavy atom. The van der Waals surface area contributed by atoms with Crippen LogP contribution >= 0.6 is 0 Å². The Balaban J connectivity index is 2.94. The topological polar surface area (TPSA) is 151 Å². The first-order chi connectivity index (χ1) is 9.35. The highest BCUT2D eigenvalue weighted by Gasteiger charge is 2.22. The molecule has 0 aliphatic heterocycles. The average molecular weight is 282 g/mol. The number of imide groups is 1. The lowest BCUT2D eigenvalue weighted by Gasteiger charge is -2.13. The number of hydrogen-bond acceptors (Lipinski definition) is 6. The van der Waals surface area contributed by atoms with Crippen molar-refractivity contribution in [3.63, 3.8) is 0 Å². The Bertz CT molecular complexity index is 546. The van der Waals surface area contributed by atoms with Crippen LogP contribution in [0.3, 0.4) is 0 Å². The second-order valence-corrected chi connectivity index (χ2v) is 3.88. The zero-order valence-electron chi connectivity index (χ0n) is 10.7. The van der Waals surface area contributed by atoms with Gasteiger partial charge in [0.2, 0.25) is 0 Å². The quantitative estimate of drug-likeness (QED) is 0.511. The molecule has 0 fully saturated rings. The molecule has 0 heterocycles. The lowest BCUT2D eigenvalue weighted by molar-refractivity contribution is -0.386. The van der Waals surface area contributed by atoms with Crippen LogP contribution < -0.4 is 21.5 Å². The Labute approximate surface area is 114 Å². The Hall–Kier alpha value is -2.68. The normalized spacial score (nSPS) is 11.5. The van der Waals surface area contributed by atoms with Gasteiger partial charge in [0.05, 0.1) is 4.92 Å². The summed E-state index contributed by atoms with van der Waals surface area (Å²) in [5.41, 5.74) is 10.4. The summed E-state index contributed by atoms with van der Waals surface area (Å²) in [6, 6.07) is 3.11. The van der Waals surface area contributed by atoms with Gasteiger partial charge in [-0.05, 0) is 18.6 Å². The second kappa shape index (κ2) is 6.48. The summed E-state index contributed by atoms with van der Waals surface area (Å²) in [6.07, 6.45) is -1.12. The minimum Gasteiger partial charge on any atom is -0.474 e. The van der Waals surface area contributed by atoms with Gasteiger partial charge in [0, 0.05) is 12.6 Å². The fourth-order valence-corrected chi connectivity index (χ4v) is 1.40. The van der Waals surface area contributed by atoms with E-state index in [4.69, 9.17) is 16.2 Å². The number of ether oxygens (including phenoxy) is 1. The van der Waals surface area contributed by atoms with Crippen molar-refractivity contribution in [1.82, 2.24) is 5.32 Å². The highest BCUT2D eigenvalue weighted by atomic mass is 16.6. The number of rotatable bonds is 5. The second-order valence-electron chi connectivity index (χ2n) is 3.88. The lowest BCUT2D eigenvalue weighted by atomic mass is 10.2. The fourth-order valence-electron chi connectivity index (χ4n) is 1.40. The third kappa shape index (κ3) is 3.92. The van der Waals surface area contributed by atoms with Crippen LogP contribution in [0, 0.1) is 10.1 Å². The number of hydrogen-bond donors (Lipinski definition) is 3. The van der Waals surface area contributed by atoms with Gasteiger partial charge in [-0.25, -0.2) is 4.79 Å². The molecule has 0 aromatic heterocycles. The number of nitrogens with two attached hydrogens (primary N) is 2. The molecule has 0 spiro atoms. The molecule has 108 valence electrons. The third-order valence-corrected chi connectivity index (χ3v) is 2.38. The molecule has 3 amide bonds. The van der Waals surface area contributed by atoms with Gasteiger partial charge < -0.3 is 16.2 Å². The van der Waals surface area contributed by atoms with E-state index in [1.807, 2.05) is 5.32 Å². The molecule has 5 N–H and O–H groups in total. The van der Waals surface area contributed by atoms with E-state index in [9.17, 15) is 19.7 Å². The molecular weight excluding hydrogens is 268 g/mol. The van der Waals surface area contributed by atoms with Crippen molar-refractivity contribution in [3.05, 3.63) is 33.9 Å². The summed E-state index contributed by atoms with van der Waals surface area (Å²) < 4.78 is 5.17. The summed E-state index contributed by atoms with van der Waals surface area (Å²) in [5, 5.41) is 12.7. The van der Waals surface area contributed by atoms with E-state index in [-0.39, 0.29) is 18.0 Å². The molecule has 1 unspecified atom stereocenters. The van der Waals surface area contributed by atoms with Crippen LogP contribution in [-0.4, -0.2) is 23.0 Å². The molecule has 0 aliphatic rings. The van der Waals surface area contributed by atoms with Crippen molar-refractivity contribution < 1.29 is 19.2 Å². The molecule has 1 aromatic rings. The van der Waals surface area contributed by atoms with Crippen LogP contribution in [0.2, 0.25) is 0 Å². The molecule has 1 aromatic carbocycles. The van der Waals surface area contributed by atoms with Gasteiger partial charge in [-0.2, -0.15) is 0 Å². The zero-order valence-corrected chi connectivity index (χ0v) is 10.7. The van der Waals surface area contributed by atoms with Gasteiger partial charge in [-0.1, -0.05) is 6.07 Å². The SMILES string of the molecule is CC(Oc1ccc(CN)cc1[N+](=O)[O-])C(=O)NC(N)=O.